The van der Waals surface area contributed by atoms with E-state index in [4.69, 9.17) is 0 Å². The molecule has 1 aliphatic rings. The first kappa shape index (κ1) is 15.3. The minimum atomic E-state index is 0.513. The lowest BCUT2D eigenvalue weighted by Gasteiger charge is -2.31. The van der Waals surface area contributed by atoms with Gasteiger partial charge in [-0.3, -0.25) is 5.01 Å². The number of hydrogen-bond donors (Lipinski definition) is 0. The normalized spacial score (nSPS) is 19.3. The van der Waals surface area contributed by atoms with E-state index in [2.05, 4.69) is 49.0 Å². The van der Waals surface area contributed by atoms with Crippen LogP contribution in [0.4, 0.5) is 0 Å². The molecule has 1 rings (SSSR count). The molecule has 3 heteroatoms. The van der Waals surface area contributed by atoms with Crippen molar-refractivity contribution < 1.29 is 0 Å². The van der Waals surface area contributed by atoms with Crippen LogP contribution < -0.4 is 0 Å². The first-order chi connectivity index (χ1) is 8.69. The summed E-state index contributed by atoms with van der Waals surface area (Å²) in [5, 5.41) is 6.91. The second-order valence-corrected chi connectivity index (χ2v) is 5.81. The summed E-state index contributed by atoms with van der Waals surface area (Å²) in [6, 6.07) is 0. The monoisotopic (exact) mass is 253 g/mol. The van der Waals surface area contributed by atoms with Gasteiger partial charge >= 0.3 is 0 Å². The lowest BCUT2D eigenvalue weighted by Crippen LogP contribution is -2.41. The third kappa shape index (κ3) is 4.87. The topological polar surface area (TPSA) is 18.8 Å². The van der Waals surface area contributed by atoms with Gasteiger partial charge in [-0.2, -0.15) is 5.10 Å². The van der Waals surface area contributed by atoms with Crippen LogP contribution in [0.3, 0.4) is 0 Å². The van der Waals surface area contributed by atoms with Crippen molar-refractivity contribution >= 4 is 6.34 Å². The number of hydrazone groups is 1. The number of hydrogen-bond acceptors (Lipinski definition) is 3. The highest BCUT2D eigenvalue weighted by Crippen LogP contribution is 2.19. The second-order valence-electron chi connectivity index (χ2n) is 5.81. The van der Waals surface area contributed by atoms with E-state index in [1.54, 1.807) is 0 Å². The van der Waals surface area contributed by atoms with Gasteiger partial charge in [0.05, 0.1) is 0 Å². The average molecular weight is 253 g/mol. The smallest absolute Gasteiger partial charge is 0.119 e. The minimum absolute atomic E-state index is 0.513. The molecule has 18 heavy (non-hydrogen) atoms. The zero-order valence-electron chi connectivity index (χ0n) is 12.7. The van der Waals surface area contributed by atoms with E-state index in [0.717, 1.165) is 13.1 Å². The Kier molecular flexibility index (Phi) is 7.14. The summed E-state index contributed by atoms with van der Waals surface area (Å²) in [6.07, 6.45) is 10.3. The van der Waals surface area contributed by atoms with E-state index in [-0.39, 0.29) is 0 Å². The Morgan fingerprint density at radius 2 is 1.89 bits per heavy atom. The highest BCUT2D eigenvalue weighted by atomic mass is 15.6. The Balaban J connectivity index is 2.39. The molecule has 3 nitrogen and oxygen atoms in total. The third-order valence-corrected chi connectivity index (χ3v) is 3.44. The van der Waals surface area contributed by atoms with E-state index in [0.29, 0.717) is 12.1 Å². The summed E-state index contributed by atoms with van der Waals surface area (Å²) in [5.41, 5.74) is 0. The second kappa shape index (κ2) is 8.39. The Morgan fingerprint density at radius 3 is 2.50 bits per heavy atom. The van der Waals surface area contributed by atoms with Gasteiger partial charge in [0.1, 0.15) is 12.5 Å². The molecular formula is C15H31N3. The Hall–Kier alpha value is -0.730. The van der Waals surface area contributed by atoms with Crippen LogP contribution in [0.2, 0.25) is 0 Å². The first-order valence-corrected chi connectivity index (χ1v) is 7.75. The molecule has 0 aromatic rings. The fourth-order valence-corrected chi connectivity index (χ4v) is 2.53. The van der Waals surface area contributed by atoms with Gasteiger partial charge in [0.2, 0.25) is 0 Å². The summed E-state index contributed by atoms with van der Waals surface area (Å²) < 4.78 is 0. The van der Waals surface area contributed by atoms with Gasteiger partial charge in [0.15, 0.2) is 0 Å². The molecule has 0 saturated heterocycles. The molecule has 0 aromatic carbocycles. The standard InChI is InChI=1S/C15H31N3/c1-5-7-8-9-11-18-15(10-6-2)17(13-16-18)12-14(3)4/h13-15H,5-12H2,1-4H3. The van der Waals surface area contributed by atoms with Crippen LogP contribution in [-0.2, 0) is 0 Å². The van der Waals surface area contributed by atoms with Crippen molar-refractivity contribution in [2.24, 2.45) is 11.0 Å². The summed E-state index contributed by atoms with van der Waals surface area (Å²) in [5.74, 6) is 0.704. The quantitative estimate of drug-likeness (QED) is 0.580. The van der Waals surface area contributed by atoms with Crippen LogP contribution in [0.25, 0.3) is 0 Å². The molecule has 0 fully saturated rings. The van der Waals surface area contributed by atoms with Gasteiger partial charge in [-0.15, -0.1) is 0 Å². The van der Waals surface area contributed by atoms with Crippen LogP contribution in [-0.4, -0.2) is 35.5 Å². The largest absolute Gasteiger partial charge is 0.339 e. The molecule has 1 aliphatic heterocycles. The van der Waals surface area contributed by atoms with Crippen LogP contribution >= 0.6 is 0 Å². The molecule has 0 spiro atoms. The molecule has 0 aliphatic carbocycles. The molecule has 1 unspecified atom stereocenters. The number of rotatable bonds is 9. The van der Waals surface area contributed by atoms with E-state index >= 15 is 0 Å². The van der Waals surface area contributed by atoms with Gasteiger partial charge in [0.25, 0.3) is 0 Å². The predicted octanol–water partition coefficient (Wildman–Crippen LogP) is 3.91. The highest BCUT2D eigenvalue weighted by molar-refractivity contribution is 5.57. The molecule has 1 heterocycles. The minimum Gasteiger partial charge on any atom is -0.339 e. The maximum atomic E-state index is 4.60. The van der Waals surface area contributed by atoms with Crippen molar-refractivity contribution in [2.45, 2.75) is 72.4 Å². The van der Waals surface area contributed by atoms with Gasteiger partial charge in [0, 0.05) is 13.1 Å². The van der Waals surface area contributed by atoms with Crippen LogP contribution in [0.1, 0.15) is 66.2 Å². The molecule has 0 N–H and O–H groups in total. The number of unbranched alkanes of at least 4 members (excludes halogenated alkanes) is 3. The van der Waals surface area contributed by atoms with E-state index in [9.17, 15) is 0 Å². The summed E-state index contributed by atoms with van der Waals surface area (Å²) in [6.45, 7) is 11.3. The molecule has 106 valence electrons. The summed E-state index contributed by atoms with van der Waals surface area (Å²) in [7, 11) is 0. The van der Waals surface area contributed by atoms with Crippen LogP contribution in [0.15, 0.2) is 5.10 Å². The molecule has 1 atom stereocenters. The fraction of sp³-hybridized carbons (Fsp3) is 0.933. The maximum absolute atomic E-state index is 4.60. The van der Waals surface area contributed by atoms with E-state index in [1.165, 1.54) is 38.5 Å². The molecule has 0 amide bonds. The lowest BCUT2D eigenvalue weighted by molar-refractivity contribution is 0.112. The van der Waals surface area contributed by atoms with Crippen molar-refractivity contribution in [2.75, 3.05) is 13.1 Å². The van der Waals surface area contributed by atoms with Crippen LogP contribution in [0, 0.1) is 5.92 Å². The highest BCUT2D eigenvalue weighted by Gasteiger charge is 2.26. The third-order valence-electron chi connectivity index (χ3n) is 3.44. The van der Waals surface area contributed by atoms with Crippen LogP contribution in [0.5, 0.6) is 0 Å². The van der Waals surface area contributed by atoms with Crippen molar-refractivity contribution in [1.29, 1.82) is 0 Å². The number of nitrogens with zero attached hydrogens (tertiary/aromatic N) is 3. The average Bonchev–Trinajstić information content (AvgIpc) is 2.68. The van der Waals surface area contributed by atoms with Gasteiger partial charge in [-0.05, 0) is 18.8 Å². The summed E-state index contributed by atoms with van der Waals surface area (Å²) in [4.78, 5) is 2.42. The lowest BCUT2D eigenvalue weighted by atomic mass is 10.1. The van der Waals surface area contributed by atoms with Crippen molar-refractivity contribution in [3.63, 3.8) is 0 Å². The SMILES string of the molecule is CCCCCCN1N=CN(CC(C)C)C1CCC. The zero-order valence-corrected chi connectivity index (χ0v) is 12.7. The van der Waals surface area contributed by atoms with Crippen molar-refractivity contribution in [1.82, 2.24) is 9.91 Å². The van der Waals surface area contributed by atoms with Gasteiger partial charge < -0.3 is 4.90 Å². The summed E-state index contributed by atoms with van der Waals surface area (Å²) >= 11 is 0. The molecule has 0 bridgehead atoms. The first-order valence-electron chi connectivity index (χ1n) is 7.75. The van der Waals surface area contributed by atoms with E-state index < -0.39 is 0 Å². The van der Waals surface area contributed by atoms with Gasteiger partial charge in [-0.25, -0.2) is 0 Å². The molecule has 0 radical (unpaired) electrons. The Labute approximate surface area is 113 Å². The Morgan fingerprint density at radius 1 is 1.11 bits per heavy atom. The molecule has 0 saturated carbocycles. The zero-order chi connectivity index (χ0) is 13.4. The molecule has 0 aromatic heterocycles. The maximum Gasteiger partial charge on any atom is 0.119 e. The predicted molar refractivity (Wildman–Crippen MR) is 79.6 cm³/mol. The fourth-order valence-electron chi connectivity index (χ4n) is 2.53. The Bertz CT molecular complexity index is 238. The van der Waals surface area contributed by atoms with E-state index in [1.807, 2.05) is 0 Å². The van der Waals surface area contributed by atoms with Gasteiger partial charge in [-0.1, -0.05) is 53.4 Å². The van der Waals surface area contributed by atoms with Crippen molar-refractivity contribution in [3.8, 4) is 0 Å². The molecular weight excluding hydrogens is 222 g/mol. The van der Waals surface area contributed by atoms with Crippen molar-refractivity contribution in [3.05, 3.63) is 0 Å².